The zero-order chi connectivity index (χ0) is 14.5. The molecule has 2 aromatic rings. The Labute approximate surface area is 123 Å². The van der Waals surface area contributed by atoms with Gasteiger partial charge >= 0.3 is 0 Å². The van der Waals surface area contributed by atoms with E-state index in [9.17, 15) is 4.79 Å². The molecule has 5 heteroatoms. The minimum absolute atomic E-state index is 0.0440. The van der Waals surface area contributed by atoms with Crippen LogP contribution in [0.4, 0.5) is 5.69 Å². The second-order valence-corrected chi connectivity index (χ2v) is 5.58. The highest BCUT2D eigenvalue weighted by Crippen LogP contribution is 2.22. The van der Waals surface area contributed by atoms with Gasteiger partial charge in [-0.25, -0.2) is 9.97 Å². The molecule has 0 aliphatic rings. The molecule has 0 aliphatic heterocycles. The topological polar surface area (TPSA) is 54.9 Å². The fourth-order valence-electron chi connectivity index (χ4n) is 2.04. The Morgan fingerprint density at radius 3 is 2.35 bits per heavy atom. The molecule has 0 bridgehead atoms. The number of rotatable bonds is 4. The van der Waals surface area contributed by atoms with Crippen LogP contribution in [-0.2, 0) is 4.79 Å². The van der Waals surface area contributed by atoms with Gasteiger partial charge in [-0.3, -0.25) is 4.79 Å². The van der Waals surface area contributed by atoms with Crippen LogP contribution in [0.2, 0.25) is 0 Å². The van der Waals surface area contributed by atoms with Crippen molar-refractivity contribution in [1.82, 2.24) is 9.97 Å². The number of carbonyl (C=O) groups is 1. The molecule has 1 aromatic heterocycles. The monoisotopic (exact) mass is 287 g/mol. The third-order valence-electron chi connectivity index (χ3n) is 2.82. The van der Waals surface area contributed by atoms with Crippen LogP contribution in [-0.4, -0.2) is 21.6 Å². The number of hydrogen-bond acceptors (Lipinski definition) is 4. The molecule has 0 atom stereocenters. The van der Waals surface area contributed by atoms with Gasteiger partial charge in [-0.2, -0.15) is 0 Å². The van der Waals surface area contributed by atoms with Gasteiger partial charge in [-0.1, -0.05) is 29.5 Å². The summed E-state index contributed by atoms with van der Waals surface area (Å²) in [7, 11) is 0. The van der Waals surface area contributed by atoms with E-state index < -0.39 is 0 Å². The van der Waals surface area contributed by atoms with E-state index in [-0.39, 0.29) is 5.91 Å². The first-order chi connectivity index (χ1) is 9.56. The van der Waals surface area contributed by atoms with Crippen LogP contribution in [0.25, 0.3) is 0 Å². The Balaban J connectivity index is 1.98. The molecule has 2 rings (SSSR count). The van der Waals surface area contributed by atoms with E-state index in [1.54, 1.807) is 18.5 Å². The second kappa shape index (κ2) is 6.52. The van der Waals surface area contributed by atoms with E-state index in [4.69, 9.17) is 0 Å². The summed E-state index contributed by atoms with van der Waals surface area (Å²) in [4.78, 5) is 20.1. The molecule has 20 heavy (non-hydrogen) atoms. The number of carbonyl (C=O) groups excluding carboxylic acids is 1. The van der Waals surface area contributed by atoms with Crippen LogP contribution in [0, 0.1) is 20.8 Å². The van der Waals surface area contributed by atoms with Gasteiger partial charge in [0.15, 0.2) is 5.16 Å². The predicted octanol–water partition coefficient (Wildman–Crippen LogP) is 3.13. The fraction of sp³-hybridized carbons (Fsp3) is 0.267. The lowest BCUT2D eigenvalue weighted by Gasteiger charge is -2.12. The van der Waals surface area contributed by atoms with Crippen LogP contribution < -0.4 is 5.32 Å². The van der Waals surface area contributed by atoms with Crippen molar-refractivity contribution in [3.8, 4) is 0 Å². The highest BCUT2D eigenvalue weighted by atomic mass is 32.2. The Bertz CT molecular complexity index is 591. The number of amides is 1. The molecule has 0 spiro atoms. The van der Waals surface area contributed by atoms with Crippen LogP contribution in [0.15, 0.2) is 35.7 Å². The summed E-state index contributed by atoms with van der Waals surface area (Å²) < 4.78 is 0. The van der Waals surface area contributed by atoms with Crippen molar-refractivity contribution in [2.75, 3.05) is 11.1 Å². The van der Waals surface area contributed by atoms with Crippen molar-refractivity contribution in [3.05, 3.63) is 47.3 Å². The first-order valence-corrected chi connectivity index (χ1v) is 7.32. The Kier molecular flexibility index (Phi) is 4.74. The van der Waals surface area contributed by atoms with E-state index in [0.29, 0.717) is 10.9 Å². The fourth-order valence-corrected chi connectivity index (χ4v) is 2.65. The molecule has 4 nitrogen and oxygen atoms in total. The summed E-state index contributed by atoms with van der Waals surface area (Å²) in [5.41, 5.74) is 4.26. The molecule has 0 aliphatic carbocycles. The average Bonchev–Trinajstić information content (AvgIpc) is 2.42. The molecule has 0 fully saturated rings. The zero-order valence-corrected chi connectivity index (χ0v) is 12.6. The van der Waals surface area contributed by atoms with Gasteiger partial charge in [0.1, 0.15) is 0 Å². The minimum Gasteiger partial charge on any atom is -0.325 e. The molecule has 104 valence electrons. The van der Waals surface area contributed by atoms with Crippen molar-refractivity contribution in [3.63, 3.8) is 0 Å². The lowest BCUT2D eigenvalue weighted by atomic mass is 10.1. The third-order valence-corrected chi connectivity index (χ3v) is 3.69. The average molecular weight is 287 g/mol. The number of anilines is 1. The van der Waals surface area contributed by atoms with E-state index in [0.717, 1.165) is 16.8 Å². The quantitative estimate of drug-likeness (QED) is 0.693. The smallest absolute Gasteiger partial charge is 0.234 e. The predicted molar refractivity (Wildman–Crippen MR) is 82.0 cm³/mol. The molecule has 0 radical (unpaired) electrons. The molecule has 0 saturated carbocycles. The van der Waals surface area contributed by atoms with Crippen LogP contribution in [0.3, 0.4) is 0 Å². The van der Waals surface area contributed by atoms with Crippen molar-refractivity contribution >= 4 is 23.4 Å². The van der Waals surface area contributed by atoms with Crippen molar-refractivity contribution in [2.45, 2.75) is 25.9 Å². The van der Waals surface area contributed by atoms with Gasteiger partial charge < -0.3 is 5.32 Å². The summed E-state index contributed by atoms with van der Waals surface area (Å²) in [5.74, 6) is 0.258. The van der Waals surface area contributed by atoms with Crippen molar-refractivity contribution < 1.29 is 4.79 Å². The van der Waals surface area contributed by atoms with Crippen LogP contribution >= 0.6 is 11.8 Å². The second-order valence-electron chi connectivity index (χ2n) is 4.64. The van der Waals surface area contributed by atoms with E-state index >= 15 is 0 Å². The standard InChI is InChI=1S/C15H17N3OS/c1-10-7-11(2)14(12(3)8-10)18-13(19)9-20-15-16-5-4-6-17-15/h4-8H,9H2,1-3H3,(H,18,19). The lowest BCUT2D eigenvalue weighted by molar-refractivity contribution is -0.113. The minimum atomic E-state index is -0.0440. The summed E-state index contributed by atoms with van der Waals surface area (Å²) in [6.45, 7) is 6.06. The zero-order valence-electron chi connectivity index (χ0n) is 11.8. The molecule has 1 N–H and O–H groups in total. The lowest BCUT2D eigenvalue weighted by Crippen LogP contribution is -2.16. The molecule has 1 aromatic carbocycles. The first kappa shape index (κ1) is 14.5. The largest absolute Gasteiger partial charge is 0.325 e. The maximum atomic E-state index is 12.0. The summed E-state index contributed by atoms with van der Waals surface area (Å²) in [6, 6.07) is 5.88. The summed E-state index contributed by atoms with van der Waals surface area (Å²) >= 11 is 1.33. The van der Waals surface area contributed by atoms with E-state index in [1.807, 2.05) is 20.8 Å². The Morgan fingerprint density at radius 1 is 1.15 bits per heavy atom. The molecular weight excluding hydrogens is 270 g/mol. The van der Waals surface area contributed by atoms with Gasteiger partial charge in [0.2, 0.25) is 5.91 Å². The van der Waals surface area contributed by atoms with E-state index in [1.165, 1.54) is 17.3 Å². The highest BCUT2D eigenvalue weighted by molar-refractivity contribution is 7.99. The van der Waals surface area contributed by atoms with Crippen LogP contribution in [0.1, 0.15) is 16.7 Å². The normalized spacial score (nSPS) is 10.3. The van der Waals surface area contributed by atoms with Crippen molar-refractivity contribution in [1.29, 1.82) is 0 Å². The highest BCUT2D eigenvalue weighted by Gasteiger charge is 2.09. The number of nitrogens with zero attached hydrogens (tertiary/aromatic N) is 2. The molecule has 0 saturated heterocycles. The summed E-state index contributed by atoms with van der Waals surface area (Å²) in [5, 5.41) is 3.57. The molecule has 1 heterocycles. The van der Waals surface area contributed by atoms with Gasteiger partial charge in [0.05, 0.1) is 5.75 Å². The van der Waals surface area contributed by atoms with Crippen LogP contribution in [0.5, 0.6) is 0 Å². The van der Waals surface area contributed by atoms with Gasteiger partial charge in [0, 0.05) is 18.1 Å². The number of thioether (sulfide) groups is 1. The molecule has 0 unspecified atom stereocenters. The first-order valence-electron chi connectivity index (χ1n) is 6.34. The number of nitrogens with one attached hydrogen (secondary N) is 1. The number of aryl methyl sites for hydroxylation is 3. The maximum Gasteiger partial charge on any atom is 0.234 e. The molecule has 1 amide bonds. The maximum absolute atomic E-state index is 12.0. The number of aromatic nitrogens is 2. The third kappa shape index (κ3) is 3.81. The summed E-state index contributed by atoms with van der Waals surface area (Å²) in [6.07, 6.45) is 3.34. The van der Waals surface area contributed by atoms with E-state index in [2.05, 4.69) is 27.4 Å². The Hall–Kier alpha value is -1.88. The van der Waals surface area contributed by atoms with Crippen molar-refractivity contribution in [2.24, 2.45) is 0 Å². The number of benzene rings is 1. The van der Waals surface area contributed by atoms with Gasteiger partial charge in [-0.15, -0.1) is 0 Å². The molecular formula is C15H17N3OS. The SMILES string of the molecule is Cc1cc(C)c(NC(=O)CSc2ncccn2)c(C)c1. The van der Waals surface area contributed by atoms with Gasteiger partial charge in [0.25, 0.3) is 0 Å². The number of hydrogen-bond donors (Lipinski definition) is 1. The van der Waals surface area contributed by atoms with Gasteiger partial charge in [-0.05, 0) is 38.0 Å². The Morgan fingerprint density at radius 2 is 1.75 bits per heavy atom.